The molecule has 4 rings (SSSR count). The lowest BCUT2D eigenvalue weighted by Crippen LogP contribution is -2.17. The Balaban J connectivity index is 1.29. The van der Waals surface area contributed by atoms with Gasteiger partial charge in [-0.25, -0.2) is 0 Å². The van der Waals surface area contributed by atoms with Gasteiger partial charge in [-0.05, 0) is 49.1 Å². The number of carbonyl (C=O) groups is 1. The summed E-state index contributed by atoms with van der Waals surface area (Å²) in [5, 5.41) is 7.93. The molecule has 5 nitrogen and oxygen atoms in total. The molecule has 0 spiro atoms. The molecular weight excluding hydrogens is 292 g/mol. The van der Waals surface area contributed by atoms with Crippen LogP contribution < -0.4 is 0 Å². The van der Waals surface area contributed by atoms with E-state index in [1.807, 2.05) is 30.3 Å². The fourth-order valence-corrected chi connectivity index (χ4v) is 4.05. The third kappa shape index (κ3) is 3.14. The van der Waals surface area contributed by atoms with Crippen molar-refractivity contribution in [2.75, 3.05) is 0 Å². The highest BCUT2D eigenvalue weighted by molar-refractivity contribution is 5.69. The smallest absolute Gasteiger partial charge is 0.306 e. The van der Waals surface area contributed by atoms with Crippen LogP contribution in [0.25, 0.3) is 11.5 Å². The summed E-state index contributed by atoms with van der Waals surface area (Å²) >= 11 is 0. The van der Waals surface area contributed by atoms with Crippen molar-refractivity contribution in [2.45, 2.75) is 38.7 Å². The standard InChI is InChI=1S/C18H20N2O3/c21-17(10-15-9-12-6-7-14(15)8-12)22-11-16-19-20-18(23-16)13-4-2-1-3-5-13/h1-5,12,14-15H,6-11H2/t12-,14+,15-/m0/s1. The van der Waals surface area contributed by atoms with E-state index >= 15 is 0 Å². The molecule has 2 aliphatic carbocycles. The molecule has 1 aromatic carbocycles. The zero-order chi connectivity index (χ0) is 15.6. The molecule has 2 saturated carbocycles. The van der Waals surface area contributed by atoms with Crippen LogP contribution in [0.2, 0.25) is 0 Å². The minimum absolute atomic E-state index is 0.0550. The molecule has 0 radical (unpaired) electrons. The molecule has 2 aliphatic rings. The minimum Gasteiger partial charge on any atom is -0.456 e. The summed E-state index contributed by atoms with van der Waals surface area (Å²) in [7, 11) is 0. The second-order valence-corrected chi connectivity index (χ2v) is 6.67. The number of fused-ring (bicyclic) bond motifs is 2. The minimum atomic E-state index is -0.151. The number of carbonyl (C=O) groups excluding carboxylic acids is 1. The van der Waals surface area contributed by atoms with E-state index in [4.69, 9.17) is 9.15 Å². The SMILES string of the molecule is O=C(C[C@@H]1C[C@H]2CC[C@@H]1C2)OCc1nnc(-c2ccccc2)o1. The van der Waals surface area contributed by atoms with Gasteiger partial charge in [0.2, 0.25) is 5.89 Å². The molecule has 3 atom stereocenters. The number of nitrogens with zero attached hydrogens (tertiary/aromatic N) is 2. The van der Waals surface area contributed by atoms with Gasteiger partial charge in [-0.15, -0.1) is 10.2 Å². The van der Waals surface area contributed by atoms with E-state index in [1.165, 1.54) is 25.7 Å². The second kappa shape index (κ2) is 6.14. The number of benzene rings is 1. The van der Waals surface area contributed by atoms with Crippen molar-refractivity contribution < 1.29 is 13.9 Å². The number of esters is 1. The van der Waals surface area contributed by atoms with E-state index in [0.29, 0.717) is 24.1 Å². The molecule has 0 unspecified atom stereocenters. The Labute approximate surface area is 135 Å². The Morgan fingerprint density at radius 1 is 1.17 bits per heavy atom. The summed E-state index contributed by atoms with van der Waals surface area (Å²) in [6.45, 7) is 0.0550. The monoisotopic (exact) mass is 312 g/mol. The molecule has 1 heterocycles. The Morgan fingerprint density at radius 2 is 2.04 bits per heavy atom. The maximum absolute atomic E-state index is 12.0. The van der Waals surface area contributed by atoms with Crippen LogP contribution in [0.3, 0.4) is 0 Å². The lowest BCUT2D eigenvalue weighted by molar-refractivity contribution is -0.147. The highest BCUT2D eigenvalue weighted by Gasteiger charge is 2.40. The van der Waals surface area contributed by atoms with Crippen molar-refractivity contribution >= 4 is 5.97 Å². The van der Waals surface area contributed by atoms with E-state index in [2.05, 4.69) is 10.2 Å². The van der Waals surface area contributed by atoms with E-state index in [0.717, 1.165) is 17.4 Å². The first-order valence-electron chi connectivity index (χ1n) is 8.31. The fraction of sp³-hybridized carbons (Fsp3) is 0.500. The van der Waals surface area contributed by atoms with Gasteiger partial charge in [0.05, 0.1) is 0 Å². The van der Waals surface area contributed by atoms with Crippen molar-refractivity contribution in [2.24, 2.45) is 17.8 Å². The topological polar surface area (TPSA) is 65.2 Å². The Kier molecular flexibility index (Phi) is 3.85. The maximum atomic E-state index is 12.0. The maximum Gasteiger partial charge on any atom is 0.306 e. The molecule has 2 fully saturated rings. The first-order chi connectivity index (χ1) is 11.3. The van der Waals surface area contributed by atoms with Gasteiger partial charge in [0, 0.05) is 12.0 Å². The van der Waals surface area contributed by atoms with E-state index < -0.39 is 0 Å². The number of hydrogen-bond donors (Lipinski definition) is 0. The van der Waals surface area contributed by atoms with Crippen LogP contribution in [0.1, 0.15) is 38.0 Å². The van der Waals surface area contributed by atoms with Crippen molar-refractivity contribution in [3.05, 3.63) is 36.2 Å². The normalized spacial score (nSPS) is 25.7. The summed E-state index contributed by atoms with van der Waals surface area (Å²) in [5.74, 6) is 2.74. The molecule has 1 aromatic heterocycles. The van der Waals surface area contributed by atoms with Gasteiger partial charge in [0.1, 0.15) is 0 Å². The molecule has 2 aromatic rings. The molecular formula is C18H20N2O3. The molecule has 0 N–H and O–H groups in total. The van der Waals surface area contributed by atoms with Gasteiger partial charge < -0.3 is 9.15 Å². The first kappa shape index (κ1) is 14.4. The van der Waals surface area contributed by atoms with Gasteiger partial charge in [-0.1, -0.05) is 24.6 Å². The second-order valence-electron chi connectivity index (χ2n) is 6.67. The lowest BCUT2D eigenvalue weighted by Gasteiger charge is -2.20. The summed E-state index contributed by atoms with van der Waals surface area (Å²) < 4.78 is 10.9. The van der Waals surface area contributed by atoms with Crippen LogP contribution in [0.4, 0.5) is 0 Å². The average Bonchev–Trinajstić information content (AvgIpc) is 3.30. The summed E-state index contributed by atoms with van der Waals surface area (Å²) in [6, 6.07) is 9.55. The van der Waals surface area contributed by atoms with Crippen LogP contribution in [0.15, 0.2) is 34.7 Å². The quantitative estimate of drug-likeness (QED) is 0.789. The van der Waals surface area contributed by atoms with Gasteiger partial charge in [-0.2, -0.15) is 0 Å². The number of rotatable bonds is 5. The van der Waals surface area contributed by atoms with Crippen LogP contribution in [-0.2, 0) is 16.1 Å². The van der Waals surface area contributed by atoms with Gasteiger partial charge in [0.15, 0.2) is 6.61 Å². The fourth-order valence-electron chi connectivity index (χ4n) is 4.05. The van der Waals surface area contributed by atoms with Gasteiger partial charge >= 0.3 is 5.97 Å². The Hall–Kier alpha value is -2.17. The van der Waals surface area contributed by atoms with Crippen LogP contribution in [0.5, 0.6) is 0 Å². The average molecular weight is 312 g/mol. The highest BCUT2D eigenvalue weighted by Crippen LogP contribution is 2.49. The van der Waals surface area contributed by atoms with E-state index in [1.54, 1.807) is 0 Å². The van der Waals surface area contributed by atoms with E-state index in [9.17, 15) is 4.79 Å². The van der Waals surface area contributed by atoms with Crippen molar-refractivity contribution in [1.29, 1.82) is 0 Å². The van der Waals surface area contributed by atoms with Crippen molar-refractivity contribution in [3.8, 4) is 11.5 Å². The third-order valence-corrected chi connectivity index (χ3v) is 5.16. The molecule has 0 amide bonds. The third-order valence-electron chi connectivity index (χ3n) is 5.16. The zero-order valence-electron chi connectivity index (χ0n) is 13.0. The van der Waals surface area contributed by atoms with E-state index in [-0.39, 0.29) is 12.6 Å². The first-order valence-corrected chi connectivity index (χ1v) is 8.31. The van der Waals surface area contributed by atoms with Crippen LogP contribution >= 0.6 is 0 Å². The Morgan fingerprint density at radius 3 is 2.78 bits per heavy atom. The Bertz CT molecular complexity index is 683. The number of ether oxygens (including phenoxy) is 1. The predicted molar refractivity (Wildman–Crippen MR) is 83.1 cm³/mol. The summed E-state index contributed by atoms with van der Waals surface area (Å²) in [6.07, 6.45) is 5.66. The summed E-state index contributed by atoms with van der Waals surface area (Å²) in [5.41, 5.74) is 0.861. The molecule has 120 valence electrons. The number of hydrogen-bond acceptors (Lipinski definition) is 5. The van der Waals surface area contributed by atoms with Crippen LogP contribution in [0, 0.1) is 17.8 Å². The predicted octanol–water partition coefficient (Wildman–Crippen LogP) is 3.61. The summed E-state index contributed by atoms with van der Waals surface area (Å²) in [4.78, 5) is 12.0. The molecule has 0 saturated heterocycles. The van der Waals surface area contributed by atoms with Gasteiger partial charge in [-0.3, -0.25) is 4.79 Å². The van der Waals surface area contributed by atoms with Crippen molar-refractivity contribution in [1.82, 2.24) is 10.2 Å². The van der Waals surface area contributed by atoms with Crippen molar-refractivity contribution in [3.63, 3.8) is 0 Å². The lowest BCUT2D eigenvalue weighted by atomic mass is 9.86. The van der Waals surface area contributed by atoms with Gasteiger partial charge in [0.25, 0.3) is 5.89 Å². The molecule has 2 bridgehead atoms. The molecule has 23 heavy (non-hydrogen) atoms. The van der Waals surface area contributed by atoms with Crippen LogP contribution in [-0.4, -0.2) is 16.2 Å². The largest absolute Gasteiger partial charge is 0.456 e. The molecule has 0 aliphatic heterocycles. The zero-order valence-corrected chi connectivity index (χ0v) is 13.0. The number of aromatic nitrogens is 2. The molecule has 5 heteroatoms. The highest BCUT2D eigenvalue weighted by atomic mass is 16.5.